The second-order valence-corrected chi connectivity index (χ2v) is 3.65. The van der Waals surface area contributed by atoms with Gasteiger partial charge < -0.3 is 4.90 Å². The summed E-state index contributed by atoms with van der Waals surface area (Å²) in [7, 11) is 0. The van der Waals surface area contributed by atoms with Crippen molar-refractivity contribution in [2.75, 3.05) is 13.1 Å². The summed E-state index contributed by atoms with van der Waals surface area (Å²) in [5.41, 5.74) is -1.74. The third-order valence-corrected chi connectivity index (χ3v) is 2.19. The Morgan fingerprint density at radius 2 is 1.82 bits per heavy atom. The maximum absolute atomic E-state index is 12.0. The Morgan fingerprint density at radius 3 is 2.29 bits per heavy atom. The summed E-state index contributed by atoms with van der Waals surface area (Å²) < 4.78 is 0. The number of nitrogens with one attached hydrogen (secondary N) is 2. The molecule has 0 aliphatic carbocycles. The van der Waals surface area contributed by atoms with Gasteiger partial charge in [0, 0.05) is 13.1 Å². The summed E-state index contributed by atoms with van der Waals surface area (Å²) >= 11 is 0. The van der Waals surface area contributed by atoms with Crippen molar-refractivity contribution < 1.29 is 4.79 Å². The maximum Gasteiger partial charge on any atom is 0.342 e. The zero-order chi connectivity index (χ0) is 12.8. The largest absolute Gasteiger partial charge is 0.342 e. The molecule has 0 unspecified atom stereocenters. The van der Waals surface area contributed by atoms with Gasteiger partial charge in [-0.2, -0.15) is 5.10 Å². The van der Waals surface area contributed by atoms with Crippen LogP contribution in [0.1, 0.15) is 37.2 Å². The molecule has 94 valence electrons. The lowest BCUT2D eigenvalue weighted by Gasteiger charge is -2.20. The highest BCUT2D eigenvalue weighted by molar-refractivity contribution is 5.91. The first-order chi connectivity index (χ1) is 8.10. The van der Waals surface area contributed by atoms with E-state index < -0.39 is 17.2 Å². The molecule has 1 amide bonds. The van der Waals surface area contributed by atoms with Gasteiger partial charge >= 0.3 is 5.69 Å². The fourth-order valence-electron chi connectivity index (χ4n) is 1.50. The molecule has 0 saturated heterocycles. The minimum absolute atomic E-state index is 0.272. The number of hydrogen-bond acceptors (Lipinski definition) is 4. The fraction of sp³-hybridized carbons (Fsp3) is 0.600. The zero-order valence-electron chi connectivity index (χ0n) is 9.95. The van der Waals surface area contributed by atoms with Crippen LogP contribution in [0.5, 0.6) is 0 Å². The van der Waals surface area contributed by atoms with E-state index in [9.17, 15) is 14.4 Å². The number of nitrogens with zero attached hydrogens (tertiary/aromatic N) is 2. The topological polar surface area (TPSA) is 98.9 Å². The number of amides is 1. The van der Waals surface area contributed by atoms with E-state index in [2.05, 4.69) is 10.2 Å². The lowest BCUT2D eigenvalue weighted by molar-refractivity contribution is 0.0746. The molecule has 1 aromatic heterocycles. The Labute approximate surface area is 97.9 Å². The molecule has 7 heteroatoms. The van der Waals surface area contributed by atoms with Crippen LogP contribution in [-0.4, -0.2) is 39.1 Å². The Bertz CT molecular complexity index is 485. The van der Waals surface area contributed by atoms with Gasteiger partial charge in [-0.05, 0) is 12.8 Å². The summed E-state index contributed by atoms with van der Waals surface area (Å²) in [6, 6.07) is 0. The first-order valence-corrected chi connectivity index (χ1v) is 5.58. The third-order valence-electron chi connectivity index (χ3n) is 2.19. The quantitative estimate of drug-likeness (QED) is 0.739. The molecule has 0 saturated carbocycles. The van der Waals surface area contributed by atoms with Gasteiger partial charge in [-0.1, -0.05) is 13.8 Å². The molecule has 0 aliphatic heterocycles. The third kappa shape index (κ3) is 3.27. The van der Waals surface area contributed by atoms with Crippen molar-refractivity contribution in [2.45, 2.75) is 26.7 Å². The Morgan fingerprint density at radius 1 is 1.24 bits per heavy atom. The van der Waals surface area contributed by atoms with Gasteiger partial charge in [0.15, 0.2) is 0 Å². The predicted molar refractivity (Wildman–Crippen MR) is 62.0 cm³/mol. The van der Waals surface area contributed by atoms with Crippen molar-refractivity contribution in [3.05, 3.63) is 26.5 Å². The van der Waals surface area contributed by atoms with Gasteiger partial charge in [0.25, 0.3) is 11.5 Å². The minimum Gasteiger partial charge on any atom is -0.337 e. The minimum atomic E-state index is -0.754. The molecule has 1 heterocycles. The molecule has 7 nitrogen and oxygen atoms in total. The van der Waals surface area contributed by atoms with Crippen molar-refractivity contribution >= 4 is 5.91 Å². The van der Waals surface area contributed by atoms with Gasteiger partial charge in [-0.15, -0.1) is 0 Å². The van der Waals surface area contributed by atoms with E-state index in [0.29, 0.717) is 13.1 Å². The van der Waals surface area contributed by atoms with E-state index in [1.807, 2.05) is 18.8 Å². The molecule has 0 radical (unpaired) electrons. The summed E-state index contributed by atoms with van der Waals surface area (Å²) in [5.74, 6) is -0.453. The summed E-state index contributed by atoms with van der Waals surface area (Å²) in [5, 5.41) is 5.54. The molecule has 0 spiro atoms. The van der Waals surface area contributed by atoms with Crippen LogP contribution in [-0.2, 0) is 0 Å². The van der Waals surface area contributed by atoms with Gasteiger partial charge in [0.1, 0.15) is 0 Å². The van der Waals surface area contributed by atoms with E-state index in [1.54, 1.807) is 4.90 Å². The molecule has 0 atom stereocenters. The monoisotopic (exact) mass is 240 g/mol. The Hall–Kier alpha value is -1.92. The van der Waals surface area contributed by atoms with Crippen LogP contribution in [0.15, 0.2) is 9.59 Å². The van der Waals surface area contributed by atoms with Gasteiger partial charge in [-0.3, -0.25) is 14.6 Å². The summed E-state index contributed by atoms with van der Waals surface area (Å²) in [4.78, 5) is 37.7. The van der Waals surface area contributed by atoms with Gasteiger partial charge in [0.05, 0.1) is 0 Å². The SMILES string of the molecule is CCCN(CCC)C(=O)c1n[nH]c(=O)[nH]c1=O. The number of hydrogen-bond donors (Lipinski definition) is 2. The van der Waals surface area contributed by atoms with E-state index in [4.69, 9.17) is 0 Å². The summed E-state index contributed by atoms with van der Waals surface area (Å²) in [6.45, 7) is 5.01. The predicted octanol–water partition coefficient (Wildman–Crippen LogP) is -0.280. The second-order valence-electron chi connectivity index (χ2n) is 3.65. The van der Waals surface area contributed by atoms with Gasteiger partial charge in [0.2, 0.25) is 5.69 Å². The maximum atomic E-state index is 12.0. The molecular weight excluding hydrogens is 224 g/mol. The zero-order valence-corrected chi connectivity index (χ0v) is 9.95. The van der Waals surface area contributed by atoms with Crippen LogP contribution in [0.4, 0.5) is 0 Å². The molecule has 0 bridgehead atoms. The van der Waals surface area contributed by atoms with Gasteiger partial charge in [-0.25, -0.2) is 9.89 Å². The van der Waals surface area contributed by atoms with E-state index in [-0.39, 0.29) is 5.69 Å². The van der Waals surface area contributed by atoms with Crippen molar-refractivity contribution in [3.8, 4) is 0 Å². The number of H-pyrrole nitrogens is 2. The number of carbonyl (C=O) groups is 1. The van der Waals surface area contributed by atoms with Crippen LogP contribution in [0.3, 0.4) is 0 Å². The van der Waals surface area contributed by atoms with Crippen LogP contribution >= 0.6 is 0 Å². The molecule has 2 N–H and O–H groups in total. The highest BCUT2D eigenvalue weighted by Crippen LogP contribution is 1.99. The molecule has 1 rings (SSSR count). The van der Waals surface area contributed by atoms with Crippen molar-refractivity contribution in [2.24, 2.45) is 0 Å². The van der Waals surface area contributed by atoms with E-state index in [1.165, 1.54) is 0 Å². The number of aromatic nitrogens is 3. The van der Waals surface area contributed by atoms with Crippen LogP contribution in [0, 0.1) is 0 Å². The summed E-state index contributed by atoms with van der Waals surface area (Å²) in [6.07, 6.45) is 1.60. The van der Waals surface area contributed by atoms with Crippen LogP contribution in [0.2, 0.25) is 0 Å². The lowest BCUT2D eigenvalue weighted by Crippen LogP contribution is -2.39. The molecule has 17 heavy (non-hydrogen) atoms. The van der Waals surface area contributed by atoms with Crippen molar-refractivity contribution in [1.29, 1.82) is 0 Å². The van der Waals surface area contributed by atoms with Crippen LogP contribution in [0.25, 0.3) is 0 Å². The second kappa shape index (κ2) is 5.97. The normalized spacial score (nSPS) is 10.2. The van der Waals surface area contributed by atoms with Crippen LogP contribution < -0.4 is 11.2 Å². The molecule has 0 aliphatic rings. The average molecular weight is 240 g/mol. The number of aromatic amines is 2. The molecule has 0 fully saturated rings. The van der Waals surface area contributed by atoms with Crippen molar-refractivity contribution in [3.63, 3.8) is 0 Å². The Balaban J connectivity index is 3.00. The lowest BCUT2D eigenvalue weighted by atomic mass is 10.3. The van der Waals surface area contributed by atoms with E-state index in [0.717, 1.165) is 12.8 Å². The molecular formula is C10H16N4O3. The number of carbonyl (C=O) groups excluding carboxylic acids is 1. The standard InChI is InChI=1S/C10H16N4O3/c1-3-5-14(6-4-2)9(16)7-8(15)11-10(17)13-12-7/h3-6H2,1-2H3,(H2,11,13,15,17). The van der Waals surface area contributed by atoms with E-state index >= 15 is 0 Å². The molecule has 0 aromatic carbocycles. The molecule has 1 aromatic rings. The first kappa shape index (κ1) is 13.1. The average Bonchev–Trinajstić information content (AvgIpc) is 2.28. The van der Waals surface area contributed by atoms with Crippen molar-refractivity contribution in [1.82, 2.24) is 20.1 Å². The first-order valence-electron chi connectivity index (χ1n) is 5.58. The highest BCUT2D eigenvalue weighted by Gasteiger charge is 2.19. The Kier molecular flexibility index (Phi) is 4.62. The number of rotatable bonds is 5. The fourth-order valence-corrected chi connectivity index (χ4v) is 1.50. The smallest absolute Gasteiger partial charge is 0.337 e. The highest BCUT2D eigenvalue weighted by atomic mass is 16.2.